The second-order valence-corrected chi connectivity index (χ2v) is 9.37. The molecule has 0 saturated heterocycles. The number of hydrogen-bond donors (Lipinski definition) is 0. The van der Waals surface area contributed by atoms with E-state index >= 15 is 0 Å². The summed E-state index contributed by atoms with van der Waals surface area (Å²) >= 11 is 6.84. The lowest BCUT2D eigenvalue weighted by Gasteiger charge is -2.31. The van der Waals surface area contributed by atoms with Gasteiger partial charge in [0.25, 0.3) is 0 Å². The first-order valence-corrected chi connectivity index (χ1v) is 8.73. The van der Waals surface area contributed by atoms with Crippen LogP contribution in [-0.2, 0) is 4.74 Å². The quantitative estimate of drug-likeness (QED) is 0.632. The maximum atomic E-state index is 11.9. The molecule has 0 aromatic rings. The van der Waals surface area contributed by atoms with Gasteiger partial charge in [0, 0.05) is 13.6 Å². The van der Waals surface area contributed by atoms with Crippen molar-refractivity contribution in [2.75, 3.05) is 13.6 Å². The fourth-order valence-electron chi connectivity index (χ4n) is 2.52. The smallest absolute Gasteiger partial charge is 0.410 e. The highest BCUT2D eigenvalue weighted by atomic mass is 79.9. The van der Waals surface area contributed by atoms with Crippen molar-refractivity contribution >= 4 is 38.0 Å². The number of carbonyl (C=O) groups is 1. The van der Waals surface area contributed by atoms with E-state index in [-0.39, 0.29) is 6.09 Å². The molecule has 0 N–H and O–H groups in total. The molecular formula is C15H25Br2NO2. The summed E-state index contributed by atoms with van der Waals surface area (Å²) in [7, 11) is 1.83. The third kappa shape index (κ3) is 7.11. The molecule has 0 spiro atoms. The first kappa shape index (κ1) is 18.0. The molecule has 0 aromatic carbocycles. The van der Waals surface area contributed by atoms with Crippen LogP contribution in [0, 0.1) is 11.8 Å². The van der Waals surface area contributed by atoms with Crippen LogP contribution in [0.1, 0.15) is 46.5 Å². The van der Waals surface area contributed by atoms with Gasteiger partial charge in [0.15, 0.2) is 0 Å². The minimum atomic E-state index is -0.421. The monoisotopic (exact) mass is 409 g/mol. The summed E-state index contributed by atoms with van der Waals surface area (Å²) in [6.45, 7) is 6.48. The molecule has 1 aliphatic rings. The third-order valence-corrected chi connectivity index (χ3v) is 4.02. The van der Waals surface area contributed by atoms with Crippen LogP contribution in [0.25, 0.3) is 0 Å². The largest absolute Gasteiger partial charge is 0.444 e. The average molecular weight is 411 g/mol. The van der Waals surface area contributed by atoms with Crippen LogP contribution in [0.2, 0.25) is 0 Å². The van der Waals surface area contributed by atoms with Crippen LogP contribution in [-0.4, -0.2) is 30.2 Å². The molecule has 1 fully saturated rings. The van der Waals surface area contributed by atoms with Gasteiger partial charge in [0.05, 0.1) is 3.39 Å². The predicted octanol–water partition coefficient (Wildman–Crippen LogP) is 5.29. The number of amides is 1. The lowest BCUT2D eigenvalue weighted by Crippen LogP contribution is -2.37. The first-order valence-electron chi connectivity index (χ1n) is 7.14. The molecule has 20 heavy (non-hydrogen) atoms. The molecule has 0 bridgehead atoms. The minimum Gasteiger partial charge on any atom is -0.444 e. The molecule has 0 aromatic heterocycles. The highest BCUT2D eigenvalue weighted by Crippen LogP contribution is 2.32. The van der Waals surface area contributed by atoms with Crippen molar-refractivity contribution in [2.24, 2.45) is 11.8 Å². The van der Waals surface area contributed by atoms with Crippen LogP contribution in [0.3, 0.4) is 0 Å². The average Bonchev–Trinajstić information content (AvgIpc) is 2.28. The Hall–Kier alpha value is -0.0300. The van der Waals surface area contributed by atoms with E-state index in [1.54, 1.807) is 4.90 Å². The highest BCUT2D eigenvalue weighted by molar-refractivity contribution is 9.28. The van der Waals surface area contributed by atoms with Gasteiger partial charge in [-0.1, -0.05) is 6.08 Å². The van der Waals surface area contributed by atoms with Gasteiger partial charge >= 0.3 is 6.09 Å². The standard InChI is InChI=1S/C15H25Br2NO2/c1-15(2,3)20-14(19)18(4)10-12-7-5-11(6-8-12)9-13(16)17/h9,11-12H,5-8,10H2,1-4H3/t11-,12-. The number of rotatable bonds is 3. The molecule has 0 unspecified atom stereocenters. The summed E-state index contributed by atoms with van der Waals surface area (Å²) in [4.78, 5) is 13.6. The predicted molar refractivity (Wildman–Crippen MR) is 90.2 cm³/mol. The van der Waals surface area contributed by atoms with Crippen molar-refractivity contribution in [1.29, 1.82) is 0 Å². The molecular weight excluding hydrogens is 386 g/mol. The van der Waals surface area contributed by atoms with E-state index in [1.165, 1.54) is 25.7 Å². The normalized spacial score (nSPS) is 23.1. The van der Waals surface area contributed by atoms with Crippen LogP contribution in [0.15, 0.2) is 9.47 Å². The van der Waals surface area contributed by atoms with Crippen LogP contribution >= 0.6 is 31.9 Å². The highest BCUT2D eigenvalue weighted by Gasteiger charge is 2.25. The number of nitrogens with zero attached hydrogens (tertiary/aromatic N) is 1. The number of halogens is 2. The van der Waals surface area contributed by atoms with E-state index in [9.17, 15) is 4.79 Å². The van der Waals surface area contributed by atoms with Gasteiger partial charge in [-0.05, 0) is 90.2 Å². The topological polar surface area (TPSA) is 29.5 Å². The number of ether oxygens (including phenoxy) is 1. The Bertz CT molecular complexity index is 351. The Kier molecular flexibility index (Phi) is 7.06. The second-order valence-electron chi connectivity index (χ2n) is 6.60. The summed E-state index contributed by atoms with van der Waals surface area (Å²) in [5.41, 5.74) is -0.421. The molecule has 0 atom stereocenters. The Morgan fingerprint density at radius 2 is 1.80 bits per heavy atom. The van der Waals surface area contributed by atoms with Crippen LogP contribution in [0.5, 0.6) is 0 Å². The van der Waals surface area contributed by atoms with E-state index in [0.29, 0.717) is 11.8 Å². The Labute approximate surface area is 139 Å². The van der Waals surface area contributed by atoms with E-state index in [4.69, 9.17) is 4.74 Å². The van der Waals surface area contributed by atoms with Gasteiger partial charge in [-0.2, -0.15) is 0 Å². The molecule has 0 heterocycles. The summed E-state index contributed by atoms with van der Waals surface area (Å²) in [6, 6.07) is 0. The number of carbonyl (C=O) groups excluding carboxylic acids is 1. The molecule has 0 radical (unpaired) electrons. The number of allylic oxidation sites excluding steroid dienone is 1. The van der Waals surface area contributed by atoms with Crippen molar-refractivity contribution in [3.63, 3.8) is 0 Å². The van der Waals surface area contributed by atoms with Crippen molar-refractivity contribution in [1.82, 2.24) is 4.90 Å². The van der Waals surface area contributed by atoms with Gasteiger partial charge in [-0.25, -0.2) is 4.79 Å². The fourth-order valence-corrected chi connectivity index (χ4v) is 3.26. The van der Waals surface area contributed by atoms with E-state index < -0.39 is 5.60 Å². The summed E-state index contributed by atoms with van der Waals surface area (Å²) in [5.74, 6) is 1.23. The van der Waals surface area contributed by atoms with Gasteiger partial charge < -0.3 is 9.64 Å². The molecule has 1 amide bonds. The SMILES string of the molecule is CN(C[C@H]1CC[C@H](C=C(Br)Br)CC1)C(=O)OC(C)(C)C. The molecule has 1 rings (SSSR count). The zero-order chi connectivity index (χ0) is 15.3. The Balaban J connectivity index is 2.36. The summed E-state index contributed by atoms with van der Waals surface area (Å²) in [6.07, 6.45) is 6.72. The van der Waals surface area contributed by atoms with Gasteiger partial charge in [0.1, 0.15) is 5.60 Å². The van der Waals surface area contributed by atoms with Crippen molar-refractivity contribution in [2.45, 2.75) is 52.1 Å². The molecule has 0 aliphatic heterocycles. The van der Waals surface area contributed by atoms with Crippen LogP contribution < -0.4 is 0 Å². The third-order valence-electron chi connectivity index (χ3n) is 3.49. The zero-order valence-corrected chi connectivity index (χ0v) is 16.0. The second kappa shape index (κ2) is 7.83. The van der Waals surface area contributed by atoms with Crippen molar-refractivity contribution in [3.05, 3.63) is 9.47 Å². The van der Waals surface area contributed by atoms with Gasteiger partial charge in [-0.15, -0.1) is 0 Å². The summed E-state index contributed by atoms with van der Waals surface area (Å²) < 4.78 is 6.42. The van der Waals surface area contributed by atoms with Crippen LogP contribution in [0.4, 0.5) is 4.79 Å². The van der Waals surface area contributed by atoms with Crippen molar-refractivity contribution < 1.29 is 9.53 Å². The maximum Gasteiger partial charge on any atom is 0.410 e. The zero-order valence-electron chi connectivity index (χ0n) is 12.8. The molecule has 3 nitrogen and oxygen atoms in total. The lowest BCUT2D eigenvalue weighted by molar-refractivity contribution is 0.0259. The maximum absolute atomic E-state index is 11.9. The van der Waals surface area contributed by atoms with E-state index in [2.05, 4.69) is 37.9 Å². The minimum absolute atomic E-state index is 0.220. The van der Waals surface area contributed by atoms with Gasteiger partial charge in [-0.3, -0.25) is 0 Å². The molecule has 5 heteroatoms. The Morgan fingerprint density at radius 1 is 1.25 bits per heavy atom. The van der Waals surface area contributed by atoms with Gasteiger partial charge in [0.2, 0.25) is 0 Å². The summed E-state index contributed by atoms with van der Waals surface area (Å²) in [5, 5.41) is 0. The number of hydrogen-bond acceptors (Lipinski definition) is 2. The van der Waals surface area contributed by atoms with Crippen molar-refractivity contribution in [3.8, 4) is 0 Å². The van der Waals surface area contributed by atoms with E-state index in [1.807, 2.05) is 27.8 Å². The lowest BCUT2D eigenvalue weighted by atomic mass is 9.82. The molecule has 116 valence electrons. The first-order chi connectivity index (χ1) is 9.17. The van der Waals surface area contributed by atoms with E-state index in [0.717, 1.165) is 9.94 Å². The molecule has 1 saturated carbocycles. The molecule has 1 aliphatic carbocycles. The Morgan fingerprint density at radius 3 is 2.25 bits per heavy atom. The fraction of sp³-hybridized carbons (Fsp3) is 0.800.